The first-order chi connectivity index (χ1) is 12.8. The van der Waals surface area contributed by atoms with Crippen LogP contribution in [0.5, 0.6) is 0 Å². The van der Waals surface area contributed by atoms with Gasteiger partial charge in [-0.25, -0.2) is 0 Å². The Kier molecular flexibility index (Phi) is 9.84. The van der Waals surface area contributed by atoms with E-state index in [1.807, 2.05) is 17.9 Å². The molecular formula is C19H34IN5O2. The molecule has 2 aliphatic rings. The number of likely N-dealkylation sites (tertiary alicyclic amines) is 1. The fourth-order valence-corrected chi connectivity index (χ4v) is 3.64. The number of aliphatic imine (C=N–C) groups is 1. The molecule has 0 bridgehead atoms. The second-order valence-corrected chi connectivity index (χ2v) is 7.15. The monoisotopic (exact) mass is 491 g/mol. The SMILES string of the molecule is CCNC(=NCCCOC1CCOCC1)N1CCC(c2cnn(C)c2)C1.I. The summed E-state index contributed by atoms with van der Waals surface area (Å²) >= 11 is 0. The Morgan fingerprint density at radius 1 is 1.37 bits per heavy atom. The number of aryl methyl sites for hydroxylation is 1. The van der Waals surface area contributed by atoms with Gasteiger partial charge in [0.2, 0.25) is 0 Å². The van der Waals surface area contributed by atoms with E-state index < -0.39 is 0 Å². The van der Waals surface area contributed by atoms with E-state index in [1.165, 1.54) is 5.56 Å². The minimum Gasteiger partial charge on any atom is -0.381 e. The molecule has 1 aromatic rings. The highest BCUT2D eigenvalue weighted by molar-refractivity contribution is 14.0. The van der Waals surface area contributed by atoms with Crippen LogP contribution in [0, 0.1) is 0 Å². The first kappa shape index (κ1) is 22.4. The van der Waals surface area contributed by atoms with Crippen molar-refractivity contribution in [2.75, 3.05) is 46.0 Å². The number of halogens is 1. The summed E-state index contributed by atoms with van der Waals surface area (Å²) in [4.78, 5) is 7.19. The van der Waals surface area contributed by atoms with Crippen LogP contribution in [0.3, 0.4) is 0 Å². The van der Waals surface area contributed by atoms with Crippen molar-refractivity contribution >= 4 is 29.9 Å². The summed E-state index contributed by atoms with van der Waals surface area (Å²) in [6, 6.07) is 0. The molecule has 0 aliphatic carbocycles. The highest BCUT2D eigenvalue weighted by atomic mass is 127. The van der Waals surface area contributed by atoms with Gasteiger partial charge in [-0.3, -0.25) is 9.67 Å². The van der Waals surface area contributed by atoms with Crippen LogP contribution in [-0.4, -0.2) is 72.7 Å². The summed E-state index contributed by atoms with van der Waals surface area (Å²) in [5.41, 5.74) is 1.33. The average Bonchev–Trinajstić information content (AvgIpc) is 3.30. The number of ether oxygens (including phenoxy) is 2. The van der Waals surface area contributed by atoms with Crippen LogP contribution >= 0.6 is 24.0 Å². The second-order valence-electron chi connectivity index (χ2n) is 7.15. The van der Waals surface area contributed by atoms with E-state index in [1.54, 1.807) is 0 Å². The molecule has 8 heteroatoms. The van der Waals surface area contributed by atoms with Gasteiger partial charge < -0.3 is 19.7 Å². The van der Waals surface area contributed by atoms with Gasteiger partial charge in [-0.15, -0.1) is 24.0 Å². The molecule has 154 valence electrons. The molecule has 1 N–H and O–H groups in total. The van der Waals surface area contributed by atoms with Crippen molar-refractivity contribution in [3.63, 3.8) is 0 Å². The lowest BCUT2D eigenvalue weighted by Gasteiger charge is -2.23. The predicted molar refractivity (Wildman–Crippen MR) is 118 cm³/mol. The minimum atomic E-state index is 0. The minimum absolute atomic E-state index is 0. The molecule has 3 heterocycles. The Balaban J connectivity index is 0.00000261. The predicted octanol–water partition coefficient (Wildman–Crippen LogP) is 2.38. The Labute approximate surface area is 179 Å². The van der Waals surface area contributed by atoms with Crippen LogP contribution in [0.1, 0.15) is 44.1 Å². The molecule has 0 saturated carbocycles. The molecule has 1 atom stereocenters. The quantitative estimate of drug-likeness (QED) is 0.275. The van der Waals surface area contributed by atoms with Crippen LogP contribution in [0.15, 0.2) is 17.4 Å². The number of aromatic nitrogens is 2. The summed E-state index contributed by atoms with van der Waals surface area (Å²) in [6.45, 7) is 8.33. The maximum atomic E-state index is 5.93. The number of hydrogen-bond acceptors (Lipinski definition) is 4. The smallest absolute Gasteiger partial charge is 0.193 e. The van der Waals surface area contributed by atoms with Gasteiger partial charge in [-0.2, -0.15) is 5.10 Å². The molecule has 0 amide bonds. The number of nitrogens with zero attached hydrogens (tertiary/aromatic N) is 4. The van der Waals surface area contributed by atoms with E-state index in [2.05, 4.69) is 28.4 Å². The molecule has 3 rings (SSSR count). The van der Waals surface area contributed by atoms with Crippen molar-refractivity contribution in [3.8, 4) is 0 Å². The number of nitrogens with one attached hydrogen (secondary N) is 1. The van der Waals surface area contributed by atoms with E-state index in [-0.39, 0.29) is 24.0 Å². The van der Waals surface area contributed by atoms with Gasteiger partial charge >= 0.3 is 0 Å². The summed E-state index contributed by atoms with van der Waals surface area (Å²) in [5.74, 6) is 1.58. The Bertz CT molecular complexity index is 574. The molecule has 0 spiro atoms. The van der Waals surface area contributed by atoms with Gasteiger partial charge in [0.1, 0.15) is 0 Å². The van der Waals surface area contributed by atoms with E-state index in [9.17, 15) is 0 Å². The van der Waals surface area contributed by atoms with Crippen molar-refractivity contribution < 1.29 is 9.47 Å². The van der Waals surface area contributed by atoms with Crippen molar-refractivity contribution in [3.05, 3.63) is 18.0 Å². The first-order valence-electron chi connectivity index (χ1n) is 9.97. The standard InChI is InChI=1S/C19H33N5O2.HI/c1-3-20-19(21-8-4-10-26-18-6-11-25-12-7-18)24-9-5-16(15-24)17-13-22-23(2)14-17;/h13-14,16,18H,3-12,15H2,1-2H3,(H,20,21);1H. The fourth-order valence-electron chi connectivity index (χ4n) is 3.64. The summed E-state index contributed by atoms with van der Waals surface area (Å²) in [7, 11) is 1.98. The number of rotatable bonds is 7. The lowest BCUT2D eigenvalue weighted by atomic mass is 10.0. The molecule has 2 saturated heterocycles. The van der Waals surface area contributed by atoms with Crippen LogP contribution in [-0.2, 0) is 16.5 Å². The normalized spacial score (nSPS) is 21.3. The van der Waals surface area contributed by atoms with Gasteiger partial charge in [0, 0.05) is 65.2 Å². The van der Waals surface area contributed by atoms with Gasteiger partial charge in [-0.1, -0.05) is 0 Å². The lowest BCUT2D eigenvalue weighted by molar-refractivity contribution is -0.0318. The van der Waals surface area contributed by atoms with E-state index >= 15 is 0 Å². The third-order valence-corrected chi connectivity index (χ3v) is 5.10. The van der Waals surface area contributed by atoms with Gasteiger partial charge in [0.05, 0.1) is 12.3 Å². The highest BCUT2D eigenvalue weighted by Gasteiger charge is 2.26. The molecule has 1 aromatic heterocycles. The highest BCUT2D eigenvalue weighted by Crippen LogP contribution is 2.26. The van der Waals surface area contributed by atoms with Crippen LogP contribution < -0.4 is 5.32 Å². The average molecular weight is 491 g/mol. The van der Waals surface area contributed by atoms with Crippen LogP contribution in [0.2, 0.25) is 0 Å². The Hall–Kier alpha value is -0.870. The number of hydrogen-bond donors (Lipinski definition) is 1. The molecule has 7 nitrogen and oxygen atoms in total. The van der Waals surface area contributed by atoms with E-state index in [0.717, 1.165) is 77.6 Å². The molecule has 1 unspecified atom stereocenters. The summed E-state index contributed by atoms with van der Waals surface area (Å²) in [5, 5.41) is 7.75. The van der Waals surface area contributed by atoms with Crippen molar-refractivity contribution in [2.24, 2.45) is 12.0 Å². The maximum Gasteiger partial charge on any atom is 0.193 e. The van der Waals surface area contributed by atoms with Gasteiger partial charge in [0.25, 0.3) is 0 Å². The number of guanidine groups is 1. The summed E-state index contributed by atoms with van der Waals surface area (Å²) in [6.07, 6.45) is 8.66. The first-order valence-corrected chi connectivity index (χ1v) is 9.97. The molecule has 0 radical (unpaired) electrons. The maximum absolute atomic E-state index is 5.93. The van der Waals surface area contributed by atoms with Crippen LogP contribution in [0.25, 0.3) is 0 Å². The van der Waals surface area contributed by atoms with Crippen LogP contribution in [0.4, 0.5) is 0 Å². The molecule has 27 heavy (non-hydrogen) atoms. The zero-order valence-corrected chi connectivity index (χ0v) is 18.9. The van der Waals surface area contributed by atoms with Crippen molar-refractivity contribution in [2.45, 2.75) is 44.6 Å². The van der Waals surface area contributed by atoms with Crippen molar-refractivity contribution in [1.82, 2.24) is 20.0 Å². The zero-order valence-electron chi connectivity index (χ0n) is 16.6. The molecule has 0 aromatic carbocycles. The Morgan fingerprint density at radius 3 is 2.89 bits per heavy atom. The van der Waals surface area contributed by atoms with Gasteiger partial charge in [0.15, 0.2) is 5.96 Å². The molecule has 2 fully saturated rings. The topological polar surface area (TPSA) is 63.9 Å². The van der Waals surface area contributed by atoms with Gasteiger partial charge in [-0.05, 0) is 38.2 Å². The lowest BCUT2D eigenvalue weighted by Crippen LogP contribution is -2.40. The summed E-state index contributed by atoms with van der Waals surface area (Å²) < 4.78 is 13.2. The van der Waals surface area contributed by atoms with E-state index in [4.69, 9.17) is 14.5 Å². The molecule has 2 aliphatic heterocycles. The fraction of sp³-hybridized carbons (Fsp3) is 0.789. The van der Waals surface area contributed by atoms with Crippen molar-refractivity contribution in [1.29, 1.82) is 0 Å². The zero-order chi connectivity index (χ0) is 18.2. The van der Waals surface area contributed by atoms with E-state index in [0.29, 0.717) is 12.0 Å². The molecular weight excluding hydrogens is 457 g/mol. The Morgan fingerprint density at radius 2 is 2.19 bits per heavy atom. The largest absolute Gasteiger partial charge is 0.381 e. The third-order valence-electron chi connectivity index (χ3n) is 5.10. The third kappa shape index (κ3) is 6.90. The second kappa shape index (κ2) is 11.9.